The van der Waals surface area contributed by atoms with Crippen LogP contribution in [0.3, 0.4) is 0 Å². The molecule has 0 N–H and O–H groups in total. The lowest BCUT2D eigenvalue weighted by atomic mass is 9.75. The van der Waals surface area contributed by atoms with Crippen molar-refractivity contribution in [1.29, 1.82) is 0 Å². The number of hydrogen-bond acceptors (Lipinski definition) is 3. The fraction of sp³-hybridized carbons (Fsp3) is 0.737. The summed E-state index contributed by atoms with van der Waals surface area (Å²) in [5.74, 6) is -0.00462. The Morgan fingerprint density at radius 1 is 1.14 bits per heavy atom. The smallest absolute Gasteiger partial charge is 0.337 e. The van der Waals surface area contributed by atoms with Crippen molar-refractivity contribution >= 4 is 5.97 Å². The van der Waals surface area contributed by atoms with E-state index in [1.165, 1.54) is 39.2 Å². The summed E-state index contributed by atoms with van der Waals surface area (Å²) in [6.07, 6.45) is 15.2. The number of carbonyl (C=O) groups excluding carboxylic acids is 1. The Labute approximate surface area is 135 Å². The molecule has 1 aliphatic rings. The lowest BCUT2D eigenvalue weighted by molar-refractivity contribution is -0.135. The first kappa shape index (κ1) is 19.0. The van der Waals surface area contributed by atoms with E-state index in [4.69, 9.17) is 9.47 Å². The summed E-state index contributed by atoms with van der Waals surface area (Å²) in [5, 5.41) is 0. The van der Waals surface area contributed by atoms with E-state index in [-0.39, 0.29) is 17.5 Å². The zero-order chi connectivity index (χ0) is 16.4. The molecule has 0 bridgehead atoms. The summed E-state index contributed by atoms with van der Waals surface area (Å²) in [7, 11) is 3.22. The Balaban J connectivity index is 2.90. The third-order valence-electron chi connectivity index (χ3n) is 4.64. The van der Waals surface area contributed by atoms with Crippen LogP contribution in [0.1, 0.15) is 65.2 Å². The van der Waals surface area contributed by atoms with Gasteiger partial charge in [-0.2, -0.15) is 0 Å². The van der Waals surface area contributed by atoms with Crippen molar-refractivity contribution in [3.63, 3.8) is 0 Å². The minimum Gasteiger partial charge on any atom is -0.465 e. The highest BCUT2D eigenvalue weighted by Gasteiger charge is 2.37. The van der Waals surface area contributed by atoms with Gasteiger partial charge in [-0.25, -0.2) is 4.79 Å². The van der Waals surface area contributed by atoms with Crippen LogP contribution >= 0.6 is 0 Å². The predicted molar refractivity (Wildman–Crippen MR) is 90.8 cm³/mol. The van der Waals surface area contributed by atoms with Crippen LogP contribution < -0.4 is 0 Å². The van der Waals surface area contributed by atoms with E-state index in [9.17, 15) is 4.79 Å². The van der Waals surface area contributed by atoms with E-state index in [0.717, 1.165) is 19.3 Å². The zero-order valence-corrected chi connectivity index (χ0v) is 14.7. The molecular weight excluding hydrogens is 276 g/mol. The lowest BCUT2D eigenvalue weighted by Crippen LogP contribution is -2.39. The molecule has 0 radical (unpaired) electrons. The second kappa shape index (κ2) is 9.83. The van der Waals surface area contributed by atoms with Crippen molar-refractivity contribution in [3.05, 3.63) is 23.8 Å². The van der Waals surface area contributed by atoms with Gasteiger partial charge in [0.2, 0.25) is 0 Å². The molecule has 2 atom stereocenters. The van der Waals surface area contributed by atoms with Crippen molar-refractivity contribution in [3.8, 4) is 0 Å². The van der Waals surface area contributed by atoms with Crippen LogP contribution in [0.15, 0.2) is 23.8 Å². The van der Waals surface area contributed by atoms with Crippen LogP contribution in [0.4, 0.5) is 0 Å². The molecule has 22 heavy (non-hydrogen) atoms. The Morgan fingerprint density at radius 3 is 2.41 bits per heavy atom. The molecule has 0 amide bonds. The fourth-order valence-corrected chi connectivity index (χ4v) is 3.21. The molecule has 1 rings (SSSR count). The standard InChI is InChI=1S/C19H32O3/c1-5-7-9-11-17-15-16(18(20)21-3)12-14-19(17,22-4)13-10-8-6-2/h12,14-15,17H,5-11,13H2,1-4H3. The van der Waals surface area contributed by atoms with Gasteiger partial charge in [0.1, 0.15) is 0 Å². The van der Waals surface area contributed by atoms with Gasteiger partial charge in [0.05, 0.1) is 18.3 Å². The summed E-state index contributed by atoms with van der Waals surface area (Å²) in [5.41, 5.74) is 0.396. The molecule has 3 heteroatoms. The molecule has 0 heterocycles. The molecule has 126 valence electrons. The van der Waals surface area contributed by atoms with Crippen LogP contribution in [-0.4, -0.2) is 25.8 Å². The second-order valence-electron chi connectivity index (χ2n) is 6.17. The van der Waals surface area contributed by atoms with Gasteiger partial charge in [0, 0.05) is 13.0 Å². The first-order valence-corrected chi connectivity index (χ1v) is 8.68. The van der Waals surface area contributed by atoms with Gasteiger partial charge in [-0.05, 0) is 18.9 Å². The first-order chi connectivity index (χ1) is 10.6. The van der Waals surface area contributed by atoms with Crippen LogP contribution in [0.2, 0.25) is 0 Å². The molecule has 0 saturated carbocycles. The average molecular weight is 308 g/mol. The van der Waals surface area contributed by atoms with Crippen LogP contribution in [0, 0.1) is 5.92 Å². The Morgan fingerprint density at radius 2 is 1.82 bits per heavy atom. The molecule has 3 nitrogen and oxygen atoms in total. The number of methoxy groups -OCH3 is 2. The first-order valence-electron chi connectivity index (χ1n) is 8.68. The van der Waals surface area contributed by atoms with Gasteiger partial charge in [-0.1, -0.05) is 64.5 Å². The summed E-state index contributed by atoms with van der Waals surface area (Å²) >= 11 is 0. The number of hydrogen-bond donors (Lipinski definition) is 0. The van der Waals surface area contributed by atoms with E-state index < -0.39 is 0 Å². The normalized spacial score (nSPS) is 24.2. The number of unbranched alkanes of at least 4 members (excludes halogenated alkanes) is 4. The van der Waals surface area contributed by atoms with Gasteiger partial charge in [0.15, 0.2) is 0 Å². The second-order valence-corrected chi connectivity index (χ2v) is 6.17. The maximum absolute atomic E-state index is 11.8. The summed E-state index contributed by atoms with van der Waals surface area (Å²) < 4.78 is 10.8. The van der Waals surface area contributed by atoms with Crippen molar-refractivity contribution in [2.75, 3.05) is 14.2 Å². The Kier molecular flexibility index (Phi) is 8.47. The van der Waals surface area contributed by atoms with Crippen LogP contribution in [-0.2, 0) is 14.3 Å². The van der Waals surface area contributed by atoms with E-state index in [2.05, 4.69) is 26.0 Å². The number of ether oxygens (including phenoxy) is 2. The third-order valence-corrected chi connectivity index (χ3v) is 4.64. The molecule has 0 aliphatic heterocycles. The molecular formula is C19H32O3. The van der Waals surface area contributed by atoms with Crippen LogP contribution in [0.25, 0.3) is 0 Å². The maximum atomic E-state index is 11.8. The molecule has 0 aromatic rings. The zero-order valence-electron chi connectivity index (χ0n) is 14.7. The summed E-state index contributed by atoms with van der Waals surface area (Å²) in [4.78, 5) is 11.8. The molecule has 0 aromatic carbocycles. The SMILES string of the molecule is CCCCCC1C=C(C(=O)OC)C=CC1(CCCCC)OC. The number of rotatable bonds is 10. The fourth-order valence-electron chi connectivity index (χ4n) is 3.21. The van der Waals surface area contributed by atoms with Crippen molar-refractivity contribution in [2.24, 2.45) is 5.92 Å². The maximum Gasteiger partial charge on any atom is 0.337 e. The predicted octanol–water partition coefficient (Wildman–Crippen LogP) is 4.82. The van der Waals surface area contributed by atoms with E-state index in [1.54, 1.807) is 7.11 Å². The van der Waals surface area contributed by atoms with E-state index in [1.807, 2.05) is 6.08 Å². The minimum absolute atomic E-state index is 0.250. The molecule has 2 unspecified atom stereocenters. The monoisotopic (exact) mass is 308 g/mol. The highest BCUT2D eigenvalue weighted by atomic mass is 16.5. The minimum atomic E-state index is -0.263. The third kappa shape index (κ3) is 4.98. The van der Waals surface area contributed by atoms with Crippen molar-refractivity contribution < 1.29 is 14.3 Å². The van der Waals surface area contributed by atoms with E-state index >= 15 is 0 Å². The molecule has 0 fully saturated rings. The molecule has 1 aliphatic carbocycles. The van der Waals surface area contributed by atoms with E-state index in [0.29, 0.717) is 5.57 Å². The number of esters is 1. The Hall–Kier alpha value is -1.09. The summed E-state index contributed by atoms with van der Waals surface area (Å²) in [6, 6.07) is 0. The largest absolute Gasteiger partial charge is 0.465 e. The highest BCUT2D eigenvalue weighted by molar-refractivity contribution is 5.91. The molecule has 0 spiro atoms. The molecule has 0 saturated heterocycles. The summed E-state index contributed by atoms with van der Waals surface area (Å²) in [6.45, 7) is 4.42. The lowest BCUT2D eigenvalue weighted by Gasteiger charge is -2.38. The van der Waals surface area contributed by atoms with Gasteiger partial charge in [-0.15, -0.1) is 0 Å². The van der Waals surface area contributed by atoms with Crippen molar-refractivity contribution in [2.45, 2.75) is 70.8 Å². The van der Waals surface area contributed by atoms with Gasteiger partial charge in [-0.3, -0.25) is 0 Å². The topological polar surface area (TPSA) is 35.5 Å². The molecule has 0 aromatic heterocycles. The van der Waals surface area contributed by atoms with Gasteiger partial charge < -0.3 is 9.47 Å². The number of carbonyl (C=O) groups is 1. The average Bonchev–Trinajstić information content (AvgIpc) is 2.55. The van der Waals surface area contributed by atoms with Gasteiger partial charge in [0.25, 0.3) is 0 Å². The van der Waals surface area contributed by atoms with Crippen molar-refractivity contribution in [1.82, 2.24) is 0 Å². The Bertz CT molecular complexity index is 397. The van der Waals surface area contributed by atoms with Gasteiger partial charge >= 0.3 is 5.97 Å². The highest BCUT2D eigenvalue weighted by Crippen LogP contribution is 2.38. The quantitative estimate of drug-likeness (QED) is 0.429. The van der Waals surface area contributed by atoms with Crippen LogP contribution in [0.5, 0.6) is 0 Å².